The summed E-state index contributed by atoms with van der Waals surface area (Å²) < 4.78 is 5.50. The topological polar surface area (TPSA) is 95.9 Å². The quantitative estimate of drug-likeness (QED) is 0.0320. The standard InChI is InChI=1S/C72H141NO5/c1-3-5-7-9-11-13-15-17-19-21-22-30-33-36-40-44-48-52-56-60-64-70(75)69(68-74)73-71(76)65-61-57-53-49-45-41-37-34-31-28-26-24-23-25-27-29-32-35-39-43-47-51-55-59-63-67-78-72(77)66-62-58-54-50-46-42-38-20-18-16-14-12-10-8-6-4-2/h20,38,69-70,74-75H,3-19,21-37,39-68H2,1-2H3,(H,73,76)/b38-20-. The van der Waals surface area contributed by atoms with E-state index in [1.165, 1.54) is 334 Å². The van der Waals surface area contributed by atoms with Gasteiger partial charge in [-0.25, -0.2) is 0 Å². The van der Waals surface area contributed by atoms with Gasteiger partial charge in [0.05, 0.1) is 25.4 Å². The SMILES string of the molecule is CCCCCCCCC/C=C\CCCCCCCC(=O)OCCCCCCCCCCCCCCCCCCCCCCCCCCCC(=O)NC(CO)C(O)CCCCCCCCCCCCCCCCCCCCCC. The van der Waals surface area contributed by atoms with E-state index in [9.17, 15) is 19.8 Å². The van der Waals surface area contributed by atoms with E-state index in [0.29, 0.717) is 25.9 Å². The minimum atomic E-state index is -0.663. The van der Waals surface area contributed by atoms with Gasteiger partial charge in [0.15, 0.2) is 0 Å². The molecule has 0 aromatic carbocycles. The predicted molar refractivity (Wildman–Crippen MR) is 343 cm³/mol. The van der Waals surface area contributed by atoms with Crippen molar-refractivity contribution in [3.05, 3.63) is 12.2 Å². The van der Waals surface area contributed by atoms with Crippen molar-refractivity contribution >= 4 is 11.9 Å². The number of unbranched alkanes of at least 4 members (excludes halogenated alkanes) is 55. The number of esters is 1. The van der Waals surface area contributed by atoms with E-state index in [2.05, 4.69) is 31.3 Å². The number of aliphatic hydroxyl groups is 2. The Labute approximate surface area is 489 Å². The molecule has 0 aliphatic carbocycles. The largest absolute Gasteiger partial charge is 0.466 e. The van der Waals surface area contributed by atoms with E-state index >= 15 is 0 Å². The molecular weight excluding hydrogens is 959 g/mol. The highest BCUT2D eigenvalue weighted by Gasteiger charge is 2.20. The molecule has 6 nitrogen and oxygen atoms in total. The number of carbonyl (C=O) groups is 2. The Balaban J connectivity index is 3.35. The maximum atomic E-state index is 12.5. The molecule has 6 heteroatoms. The van der Waals surface area contributed by atoms with E-state index < -0.39 is 12.1 Å². The van der Waals surface area contributed by atoms with E-state index in [0.717, 1.165) is 44.9 Å². The Kier molecular flexibility index (Phi) is 66.9. The number of aliphatic hydroxyl groups excluding tert-OH is 2. The molecule has 2 atom stereocenters. The van der Waals surface area contributed by atoms with Crippen molar-refractivity contribution in [1.29, 1.82) is 0 Å². The summed E-state index contributed by atoms with van der Waals surface area (Å²) in [6.45, 7) is 4.99. The van der Waals surface area contributed by atoms with Gasteiger partial charge < -0.3 is 20.3 Å². The fourth-order valence-electron chi connectivity index (χ4n) is 11.6. The second-order valence-electron chi connectivity index (χ2n) is 24.9. The minimum absolute atomic E-state index is 0.0102. The fraction of sp³-hybridized carbons (Fsp3) is 0.944. The molecule has 0 rings (SSSR count). The van der Waals surface area contributed by atoms with Gasteiger partial charge in [0.25, 0.3) is 0 Å². The van der Waals surface area contributed by atoms with Gasteiger partial charge in [0.1, 0.15) is 0 Å². The first-order chi connectivity index (χ1) is 38.5. The Hall–Kier alpha value is -1.40. The summed E-state index contributed by atoms with van der Waals surface area (Å²) in [4.78, 5) is 24.6. The summed E-state index contributed by atoms with van der Waals surface area (Å²) in [5.41, 5.74) is 0. The third-order valence-corrected chi connectivity index (χ3v) is 17.1. The van der Waals surface area contributed by atoms with Gasteiger partial charge in [0, 0.05) is 12.8 Å². The summed E-state index contributed by atoms with van der Waals surface area (Å²) in [6, 6.07) is -0.540. The monoisotopic (exact) mass is 1100 g/mol. The Morgan fingerprint density at radius 1 is 0.346 bits per heavy atom. The number of hydrogen-bond acceptors (Lipinski definition) is 5. The number of allylic oxidation sites excluding steroid dienone is 2. The van der Waals surface area contributed by atoms with Gasteiger partial charge in [-0.3, -0.25) is 9.59 Å². The van der Waals surface area contributed by atoms with Crippen molar-refractivity contribution in [2.75, 3.05) is 13.2 Å². The summed E-state index contributed by atoms with van der Waals surface area (Å²) >= 11 is 0. The highest BCUT2D eigenvalue weighted by atomic mass is 16.5. The number of carbonyl (C=O) groups excluding carboxylic acids is 2. The molecule has 78 heavy (non-hydrogen) atoms. The smallest absolute Gasteiger partial charge is 0.305 e. The molecule has 0 heterocycles. The van der Waals surface area contributed by atoms with Crippen molar-refractivity contribution in [2.45, 2.75) is 424 Å². The Morgan fingerprint density at radius 3 is 0.910 bits per heavy atom. The third kappa shape index (κ3) is 63.8. The molecule has 0 saturated carbocycles. The van der Waals surface area contributed by atoms with Crippen LogP contribution in [0.2, 0.25) is 0 Å². The van der Waals surface area contributed by atoms with Crippen LogP contribution < -0.4 is 5.32 Å². The van der Waals surface area contributed by atoms with E-state index in [1.807, 2.05) is 0 Å². The van der Waals surface area contributed by atoms with Crippen molar-refractivity contribution in [2.24, 2.45) is 0 Å². The maximum Gasteiger partial charge on any atom is 0.305 e. The fourth-order valence-corrected chi connectivity index (χ4v) is 11.6. The zero-order valence-electron chi connectivity index (χ0n) is 53.2. The van der Waals surface area contributed by atoms with E-state index in [1.54, 1.807) is 0 Å². The lowest BCUT2D eigenvalue weighted by molar-refractivity contribution is -0.143. The van der Waals surface area contributed by atoms with Crippen LogP contribution in [-0.4, -0.2) is 47.4 Å². The molecule has 0 fully saturated rings. The summed E-state index contributed by atoms with van der Waals surface area (Å²) in [7, 11) is 0. The average Bonchev–Trinajstić information content (AvgIpc) is 3.44. The number of ether oxygens (including phenoxy) is 1. The Bertz CT molecular complexity index is 1180. The minimum Gasteiger partial charge on any atom is -0.466 e. The van der Waals surface area contributed by atoms with Gasteiger partial charge in [-0.15, -0.1) is 0 Å². The lowest BCUT2D eigenvalue weighted by atomic mass is 10.0. The second-order valence-corrected chi connectivity index (χ2v) is 24.9. The molecular formula is C72H141NO5. The zero-order chi connectivity index (χ0) is 56.4. The van der Waals surface area contributed by atoms with Gasteiger partial charge in [-0.05, 0) is 51.4 Å². The van der Waals surface area contributed by atoms with E-state index in [-0.39, 0.29) is 18.5 Å². The first-order valence-electron chi connectivity index (χ1n) is 35.9. The Morgan fingerprint density at radius 2 is 0.603 bits per heavy atom. The van der Waals surface area contributed by atoms with Gasteiger partial charge in [-0.1, -0.05) is 360 Å². The van der Waals surface area contributed by atoms with Crippen LogP contribution in [0.15, 0.2) is 12.2 Å². The first-order valence-corrected chi connectivity index (χ1v) is 35.9. The lowest BCUT2D eigenvalue weighted by Gasteiger charge is -2.22. The molecule has 0 aliphatic rings. The molecule has 0 radical (unpaired) electrons. The highest BCUT2D eigenvalue weighted by Crippen LogP contribution is 2.19. The summed E-state index contributed by atoms with van der Waals surface area (Å²) in [5, 5.41) is 23.4. The predicted octanol–water partition coefficient (Wildman–Crippen LogP) is 23.1. The van der Waals surface area contributed by atoms with Gasteiger partial charge >= 0.3 is 5.97 Å². The van der Waals surface area contributed by atoms with Gasteiger partial charge in [0.2, 0.25) is 5.91 Å². The average molecular weight is 1100 g/mol. The highest BCUT2D eigenvalue weighted by molar-refractivity contribution is 5.76. The van der Waals surface area contributed by atoms with Crippen LogP contribution in [0.1, 0.15) is 412 Å². The van der Waals surface area contributed by atoms with Crippen molar-refractivity contribution in [1.82, 2.24) is 5.32 Å². The van der Waals surface area contributed by atoms with Crippen LogP contribution in [0.25, 0.3) is 0 Å². The molecule has 2 unspecified atom stereocenters. The van der Waals surface area contributed by atoms with E-state index in [4.69, 9.17) is 4.74 Å². The number of hydrogen-bond donors (Lipinski definition) is 3. The zero-order valence-corrected chi connectivity index (χ0v) is 53.2. The van der Waals surface area contributed by atoms with Crippen LogP contribution in [0.5, 0.6) is 0 Å². The molecule has 0 spiro atoms. The first kappa shape index (κ1) is 76.6. The number of amides is 1. The molecule has 0 aromatic heterocycles. The molecule has 3 N–H and O–H groups in total. The van der Waals surface area contributed by atoms with Crippen LogP contribution in [0, 0.1) is 0 Å². The molecule has 1 amide bonds. The van der Waals surface area contributed by atoms with Crippen LogP contribution in [0.4, 0.5) is 0 Å². The molecule has 0 aliphatic heterocycles. The molecule has 464 valence electrons. The normalized spacial score (nSPS) is 12.5. The van der Waals surface area contributed by atoms with Crippen LogP contribution in [-0.2, 0) is 14.3 Å². The molecule has 0 aromatic rings. The van der Waals surface area contributed by atoms with Crippen LogP contribution in [0.3, 0.4) is 0 Å². The van der Waals surface area contributed by atoms with Gasteiger partial charge in [-0.2, -0.15) is 0 Å². The van der Waals surface area contributed by atoms with Crippen molar-refractivity contribution in [3.63, 3.8) is 0 Å². The van der Waals surface area contributed by atoms with Crippen molar-refractivity contribution in [3.8, 4) is 0 Å². The number of rotatable bonds is 68. The third-order valence-electron chi connectivity index (χ3n) is 17.1. The van der Waals surface area contributed by atoms with Crippen molar-refractivity contribution < 1.29 is 24.5 Å². The molecule has 0 bridgehead atoms. The lowest BCUT2D eigenvalue weighted by Crippen LogP contribution is -2.45. The summed E-state index contributed by atoms with van der Waals surface area (Å²) in [6.07, 6.45) is 84.0. The van der Waals surface area contributed by atoms with Crippen LogP contribution >= 0.6 is 0 Å². The second kappa shape index (κ2) is 68.1. The summed E-state index contributed by atoms with van der Waals surface area (Å²) in [5.74, 6) is -0.0182. The molecule has 0 saturated heterocycles. The maximum absolute atomic E-state index is 12.5. The number of nitrogens with one attached hydrogen (secondary N) is 1.